The summed E-state index contributed by atoms with van der Waals surface area (Å²) in [5, 5.41) is 0. The van der Waals surface area contributed by atoms with Crippen molar-refractivity contribution < 1.29 is 4.79 Å². The molecular formula is C8H9IO. The van der Waals surface area contributed by atoms with Crippen molar-refractivity contribution in [2.45, 2.75) is 6.92 Å². The second kappa shape index (κ2) is 5.41. The molecule has 1 aromatic rings. The standard InChI is InChI=1S/C7H7I.CH2O/c1-6-2-4-7(8)5-3-6;1-2/h2-5H,1H3;1H2. The number of aryl methyl sites for hydroxylation is 1. The van der Waals surface area contributed by atoms with E-state index in [1.807, 2.05) is 6.79 Å². The van der Waals surface area contributed by atoms with Gasteiger partial charge in [-0.15, -0.1) is 0 Å². The fraction of sp³-hybridized carbons (Fsp3) is 0.125. The highest BCUT2D eigenvalue weighted by atomic mass is 127. The van der Waals surface area contributed by atoms with Crippen molar-refractivity contribution in [3.8, 4) is 0 Å². The molecule has 54 valence electrons. The van der Waals surface area contributed by atoms with Gasteiger partial charge in [0.1, 0.15) is 6.79 Å². The van der Waals surface area contributed by atoms with Crippen LogP contribution < -0.4 is 0 Å². The lowest BCUT2D eigenvalue weighted by molar-refractivity contribution is -0.0979. The van der Waals surface area contributed by atoms with Gasteiger partial charge in [-0.05, 0) is 41.6 Å². The normalized spacial score (nSPS) is 7.80. The third kappa shape index (κ3) is 3.61. The van der Waals surface area contributed by atoms with Gasteiger partial charge in [-0.2, -0.15) is 0 Å². The van der Waals surface area contributed by atoms with E-state index in [0.717, 1.165) is 0 Å². The van der Waals surface area contributed by atoms with Crippen LogP contribution in [0.15, 0.2) is 24.3 Å². The maximum atomic E-state index is 8.00. The number of rotatable bonds is 0. The predicted molar refractivity (Wildman–Crippen MR) is 51.0 cm³/mol. The molecule has 2 heteroatoms. The van der Waals surface area contributed by atoms with E-state index in [-0.39, 0.29) is 0 Å². The summed E-state index contributed by atoms with van der Waals surface area (Å²) in [6, 6.07) is 8.44. The van der Waals surface area contributed by atoms with Gasteiger partial charge in [-0.25, -0.2) is 0 Å². The third-order valence-corrected chi connectivity index (χ3v) is 1.73. The van der Waals surface area contributed by atoms with E-state index in [1.54, 1.807) is 0 Å². The van der Waals surface area contributed by atoms with Crippen LogP contribution in [0, 0.1) is 10.5 Å². The van der Waals surface area contributed by atoms with Crippen LogP contribution in [-0.4, -0.2) is 6.79 Å². The summed E-state index contributed by atoms with van der Waals surface area (Å²) in [4.78, 5) is 8.00. The molecule has 0 bridgehead atoms. The van der Waals surface area contributed by atoms with Crippen LogP contribution in [0.3, 0.4) is 0 Å². The van der Waals surface area contributed by atoms with Gasteiger partial charge >= 0.3 is 0 Å². The molecule has 1 nitrogen and oxygen atoms in total. The quantitative estimate of drug-likeness (QED) is 0.644. The number of carbonyl (C=O) groups excluding carboxylic acids is 1. The van der Waals surface area contributed by atoms with Gasteiger partial charge in [0, 0.05) is 3.57 Å². The lowest BCUT2D eigenvalue weighted by Crippen LogP contribution is -1.69. The fourth-order valence-corrected chi connectivity index (χ4v) is 0.893. The van der Waals surface area contributed by atoms with Gasteiger partial charge in [0.2, 0.25) is 0 Å². The van der Waals surface area contributed by atoms with E-state index in [0.29, 0.717) is 0 Å². The first-order valence-corrected chi connectivity index (χ1v) is 3.88. The molecule has 10 heavy (non-hydrogen) atoms. The summed E-state index contributed by atoms with van der Waals surface area (Å²) >= 11 is 2.30. The molecule has 0 heterocycles. The van der Waals surface area contributed by atoms with Gasteiger partial charge in [0.05, 0.1) is 0 Å². The molecule has 0 aromatic heterocycles. The van der Waals surface area contributed by atoms with Crippen molar-refractivity contribution >= 4 is 29.4 Å². The average molecular weight is 248 g/mol. The molecule has 0 fully saturated rings. The Morgan fingerprint density at radius 1 is 1.20 bits per heavy atom. The number of hydrogen-bond donors (Lipinski definition) is 0. The van der Waals surface area contributed by atoms with Crippen LogP contribution >= 0.6 is 22.6 Å². The molecule has 0 saturated carbocycles. The third-order valence-electron chi connectivity index (χ3n) is 1.01. The molecule has 0 aliphatic heterocycles. The minimum atomic E-state index is 1.30. The Bertz CT molecular complexity index is 160. The zero-order valence-corrected chi connectivity index (χ0v) is 7.96. The highest BCUT2D eigenvalue weighted by molar-refractivity contribution is 14.1. The molecule has 0 radical (unpaired) electrons. The maximum Gasteiger partial charge on any atom is 0.106 e. The molecule has 0 amide bonds. The lowest BCUT2D eigenvalue weighted by Gasteiger charge is -1.88. The first-order chi connectivity index (χ1) is 4.79. The number of hydrogen-bond acceptors (Lipinski definition) is 1. The fourth-order valence-electron chi connectivity index (χ4n) is 0.533. The van der Waals surface area contributed by atoms with Gasteiger partial charge in [0.25, 0.3) is 0 Å². The molecule has 0 aliphatic carbocycles. The summed E-state index contributed by atoms with van der Waals surface area (Å²) in [6.07, 6.45) is 0. The van der Waals surface area contributed by atoms with Crippen molar-refractivity contribution in [3.63, 3.8) is 0 Å². The molecule has 0 N–H and O–H groups in total. The van der Waals surface area contributed by atoms with Gasteiger partial charge in [-0.3, -0.25) is 0 Å². The van der Waals surface area contributed by atoms with E-state index in [9.17, 15) is 0 Å². The van der Waals surface area contributed by atoms with E-state index >= 15 is 0 Å². The smallest absolute Gasteiger partial charge is 0.106 e. The molecule has 1 aromatic carbocycles. The maximum absolute atomic E-state index is 8.00. The molecule has 0 unspecified atom stereocenters. The van der Waals surface area contributed by atoms with Crippen LogP contribution in [0.1, 0.15) is 5.56 Å². The summed E-state index contributed by atoms with van der Waals surface area (Å²) in [7, 11) is 0. The molecule has 1 rings (SSSR count). The zero-order valence-electron chi connectivity index (χ0n) is 5.80. The second-order valence-electron chi connectivity index (χ2n) is 1.80. The summed E-state index contributed by atoms with van der Waals surface area (Å²) < 4.78 is 1.30. The average Bonchev–Trinajstić information content (AvgIpc) is 2.00. The molecule has 0 saturated heterocycles. The first-order valence-electron chi connectivity index (χ1n) is 2.80. The van der Waals surface area contributed by atoms with Gasteiger partial charge in [-0.1, -0.05) is 17.7 Å². The van der Waals surface area contributed by atoms with Crippen molar-refractivity contribution in [2.24, 2.45) is 0 Å². The zero-order chi connectivity index (χ0) is 7.98. The highest BCUT2D eigenvalue weighted by Crippen LogP contribution is 2.04. The van der Waals surface area contributed by atoms with E-state index in [1.165, 1.54) is 9.13 Å². The molecule has 0 atom stereocenters. The van der Waals surface area contributed by atoms with Crippen molar-refractivity contribution in [2.75, 3.05) is 0 Å². The van der Waals surface area contributed by atoms with E-state index < -0.39 is 0 Å². The van der Waals surface area contributed by atoms with E-state index in [4.69, 9.17) is 4.79 Å². The largest absolute Gasteiger partial charge is 0.307 e. The molecule has 0 aliphatic rings. The Hall–Kier alpha value is -0.380. The van der Waals surface area contributed by atoms with Crippen LogP contribution in [0.25, 0.3) is 0 Å². The van der Waals surface area contributed by atoms with E-state index in [2.05, 4.69) is 53.8 Å². The summed E-state index contributed by atoms with van der Waals surface area (Å²) in [6.45, 7) is 4.09. The second-order valence-corrected chi connectivity index (χ2v) is 3.04. The monoisotopic (exact) mass is 248 g/mol. The first kappa shape index (κ1) is 9.62. The number of carbonyl (C=O) groups is 1. The molecular weight excluding hydrogens is 239 g/mol. The lowest BCUT2D eigenvalue weighted by atomic mass is 10.2. The van der Waals surface area contributed by atoms with Crippen molar-refractivity contribution in [1.82, 2.24) is 0 Å². The Morgan fingerprint density at radius 3 is 1.90 bits per heavy atom. The Balaban J connectivity index is 0.000000371. The van der Waals surface area contributed by atoms with Gasteiger partial charge in [0.15, 0.2) is 0 Å². The van der Waals surface area contributed by atoms with Gasteiger partial charge < -0.3 is 4.79 Å². The van der Waals surface area contributed by atoms with Crippen LogP contribution in [0.2, 0.25) is 0 Å². The Morgan fingerprint density at radius 2 is 1.60 bits per heavy atom. The van der Waals surface area contributed by atoms with Crippen molar-refractivity contribution in [1.29, 1.82) is 0 Å². The van der Waals surface area contributed by atoms with Crippen LogP contribution in [-0.2, 0) is 4.79 Å². The van der Waals surface area contributed by atoms with Crippen LogP contribution in [0.5, 0.6) is 0 Å². The summed E-state index contributed by atoms with van der Waals surface area (Å²) in [5.74, 6) is 0. The SMILES string of the molecule is C=O.Cc1ccc(I)cc1. The highest BCUT2D eigenvalue weighted by Gasteiger charge is 1.81. The minimum absolute atomic E-state index is 1.30. The summed E-state index contributed by atoms with van der Waals surface area (Å²) in [5.41, 5.74) is 1.32. The minimum Gasteiger partial charge on any atom is -0.307 e. The Kier molecular flexibility index (Phi) is 5.20. The Labute approximate surface area is 74.6 Å². The topological polar surface area (TPSA) is 17.1 Å². The number of halogens is 1. The van der Waals surface area contributed by atoms with Crippen LogP contribution in [0.4, 0.5) is 0 Å². The number of benzene rings is 1. The molecule has 0 spiro atoms. The van der Waals surface area contributed by atoms with Crippen molar-refractivity contribution in [3.05, 3.63) is 33.4 Å². The predicted octanol–water partition coefficient (Wildman–Crippen LogP) is 2.41.